The van der Waals surface area contributed by atoms with E-state index in [2.05, 4.69) is 15.4 Å². The van der Waals surface area contributed by atoms with Crippen LogP contribution in [0, 0.1) is 5.82 Å². The Hall–Kier alpha value is -3.32. The Labute approximate surface area is 165 Å². The van der Waals surface area contributed by atoms with Gasteiger partial charge in [0.05, 0.1) is 5.69 Å². The van der Waals surface area contributed by atoms with Gasteiger partial charge in [-0.05, 0) is 42.3 Å². The highest BCUT2D eigenvalue weighted by Crippen LogP contribution is 2.26. The number of rotatable bonds is 6. The molecule has 1 N–H and O–H groups in total. The van der Waals surface area contributed by atoms with Gasteiger partial charge in [0.25, 0.3) is 5.91 Å². The Morgan fingerprint density at radius 2 is 1.93 bits per heavy atom. The molecule has 2 aromatic heterocycles. The van der Waals surface area contributed by atoms with E-state index in [1.807, 2.05) is 36.5 Å². The minimum absolute atomic E-state index is 0.257. The fourth-order valence-corrected chi connectivity index (χ4v) is 3.61. The van der Waals surface area contributed by atoms with Gasteiger partial charge in [0.2, 0.25) is 0 Å². The maximum absolute atomic E-state index is 13.9. The van der Waals surface area contributed by atoms with Crippen molar-refractivity contribution in [2.75, 3.05) is 6.54 Å². The molecule has 0 saturated heterocycles. The molecule has 0 radical (unpaired) electrons. The van der Waals surface area contributed by atoms with Crippen LogP contribution in [0.15, 0.2) is 72.4 Å². The van der Waals surface area contributed by atoms with Gasteiger partial charge in [0.15, 0.2) is 0 Å². The van der Waals surface area contributed by atoms with Gasteiger partial charge in [-0.25, -0.2) is 14.1 Å². The normalized spacial score (nSPS) is 10.8. The average molecular weight is 392 g/mol. The van der Waals surface area contributed by atoms with Crippen molar-refractivity contribution in [1.82, 2.24) is 20.1 Å². The van der Waals surface area contributed by atoms with E-state index in [0.717, 1.165) is 11.3 Å². The van der Waals surface area contributed by atoms with Crippen LogP contribution in [0.2, 0.25) is 0 Å². The van der Waals surface area contributed by atoms with Gasteiger partial charge in [-0.1, -0.05) is 24.3 Å². The SMILES string of the molecule is O=C(NCCc1ccc(-n2cccn2)cc1)c1csc(-c2ccccc2F)n1. The molecule has 0 aliphatic carbocycles. The number of aromatic nitrogens is 3. The monoisotopic (exact) mass is 392 g/mol. The fourth-order valence-electron chi connectivity index (χ4n) is 2.78. The van der Waals surface area contributed by atoms with Crippen molar-refractivity contribution >= 4 is 17.2 Å². The van der Waals surface area contributed by atoms with E-state index in [-0.39, 0.29) is 11.7 Å². The summed E-state index contributed by atoms with van der Waals surface area (Å²) in [5.74, 6) is -0.602. The van der Waals surface area contributed by atoms with Gasteiger partial charge >= 0.3 is 0 Å². The van der Waals surface area contributed by atoms with E-state index < -0.39 is 0 Å². The summed E-state index contributed by atoms with van der Waals surface area (Å²) in [6.45, 7) is 0.493. The first kappa shape index (κ1) is 18.1. The van der Waals surface area contributed by atoms with Crippen LogP contribution in [-0.2, 0) is 6.42 Å². The molecule has 0 aliphatic heterocycles. The summed E-state index contributed by atoms with van der Waals surface area (Å²) in [7, 11) is 0. The van der Waals surface area contributed by atoms with Crippen molar-refractivity contribution in [1.29, 1.82) is 0 Å². The number of benzene rings is 2. The van der Waals surface area contributed by atoms with Crippen LogP contribution in [0.1, 0.15) is 16.1 Å². The minimum atomic E-state index is -0.345. The Morgan fingerprint density at radius 3 is 2.68 bits per heavy atom. The smallest absolute Gasteiger partial charge is 0.270 e. The van der Waals surface area contributed by atoms with Crippen LogP contribution >= 0.6 is 11.3 Å². The first-order valence-corrected chi connectivity index (χ1v) is 9.66. The molecule has 0 atom stereocenters. The van der Waals surface area contributed by atoms with E-state index in [1.54, 1.807) is 34.5 Å². The summed E-state index contributed by atoms with van der Waals surface area (Å²) in [5.41, 5.74) is 2.81. The van der Waals surface area contributed by atoms with Gasteiger partial charge in [-0.15, -0.1) is 11.3 Å². The summed E-state index contributed by atoms with van der Waals surface area (Å²) in [6.07, 6.45) is 4.33. The summed E-state index contributed by atoms with van der Waals surface area (Å²) in [6, 6.07) is 16.3. The van der Waals surface area contributed by atoms with E-state index in [4.69, 9.17) is 0 Å². The number of thiazole rings is 1. The Balaban J connectivity index is 1.33. The first-order valence-electron chi connectivity index (χ1n) is 8.78. The van der Waals surface area contributed by atoms with Gasteiger partial charge in [0.1, 0.15) is 16.5 Å². The maximum atomic E-state index is 13.9. The van der Waals surface area contributed by atoms with Crippen molar-refractivity contribution in [2.45, 2.75) is 6.42 Å². The molecule has 5 nitrogen and oxygen atoms in total. The van der Waals surface area contributed by atoms with Crippen molar-refractivity contribution in [3.8, 4) is 16.3 Å². The molecule has 0 bridgehead atoms. The molecule has 1 amide bonds. The molecule has 140 valence electrons. The number of nitrogens with zero attached hydrogens (tertiary/aromatic N) is 3. The predicted octanol–water partition coefficient (Wildman–Crippen LogP) is 4.11. The molecule has 28 heavy (non-hydrogen) atoms. The highest BCUT2D eigenvalue weighted by Gasteiger charge is 2.13. The summed E-state index contributed by atoms with van der Waals surface area (Å²) >= 11 is 1.26. The van der Waals surface area contributed by atoms with Crippen molar-refractivity contribution in [2.24, 2.45) is 0 Å². The Kier molecular flexibility index (Phi) is 5.25. The maximum Gasteiger partial charge on any atom is 0.270 e. The number of halogens is 1. The molecule has 2 aromatic carbocycles. The summed E-state index contributed by atoms with van der Waals surface area (Å²) < 4.78 is 15.6. The molecular weight excluding hydrogens is 375 g/mol. The number of hydrogen-bond donors (Lipinski definition) is 1. The van der Waals surface area contributed by atoms with Crippen LogP contribution in [0.5, 0.6) is 0 Å². The molecule has 0 fully saturated rings. The molecule has 0 aliphatic rings. The fraction of sp³-hybridized carbons (Fsp3) is 0.0952. The molecule has 0 saturated carbocycles. The molecule has 4 aromatic rings. The lowest BCUT2D eigenvalue weighted by Gasteiger charge is -2.06. The van der Waals surface area contributed by atoms with Crippen LogP contribution in [-0.4, -0.2) is 27.2 Å². The molecule has 7 heteroatoms. The zero-order valence-electron chi connectivity index (χ0n) is 14.9. The Morgan fingerprint density at radius 1 is 1.11 bits per heavy atom. The molecule has 4 rings (SSSR count). The topological polar surface area (TPSA) is 59.8 Å². The minimum Gasteiger partial charge on any atom is -0.350 e. The van der Waals surface area contributed by atoms with Crippen molar-refractivity contribution in [3.63, 3.8) is 0 Å². The summed E-state index contributed by atoms with van der Waals surface area (Å²) in [5, 5.41) is 9.20. The van der Waals surface area contributed by atoms with Crippen molar-refractivity contribution in [3.05, 3.63) is 89.4 Å². The number of nitrogens with one attached hydrogen (secondary N) is 1. The first-order chi connectivity index (χ1) is 13.7. The zero-order valence-corrected chi connectivity index (χ0v) is 15.7. The highest BCUT2D eigenvalue weighted by atomic mass is 32.1. The van der Waals surface area contributed by atoms with Crippen LogP contribution < -0.4 is 5.32 Å². The molecule has 0 unspecified atom stereocenters. The van der Waals surface area contributed by atoms with Gasteiger partial charge in [-0.2, -0.15) is 5.10 Å². The van der Waals surface area contributed by atoms with Gasteiger partial charge < -0.3 is 5.32 Å². The third kappa shape index (κ3) is 3.99. The summed E-state index contributed by atoms with van der Waals surface area (Å²) in [4.78, 5) is 16.6. The Bertz CT molecular complexity index is 1070. The van der Waals surface area contributed by atoms with E-state index in [1.165, 1.54) is 17.4 Å². The lowest BCUT2D eigenvalue weighted by Crippen LogP contribution is -2.25. The average Bonchev–Trinajstić information content (AvgIpc) is 3.41. The second-order valence-corrected chi connectivity index (χ2v) is 7.00. The van der Waals surface area contributed by atoms with E-state index >= 15 is 0 Å². The van der Waals surface area contributed by atoms with Crippen LogP contribution in [0.3, 0.4) is 0 Å². The third-order valence-corrected chi connectivity index (χ3v) is 5.12. The largest absolute Gasteiger partial charge is 0.350 e. The van der Waals surface area contributed by atoms with E-state index in [0.29, 0.717) is 29.2 Å². The van der Waals surface area contributed by atoms with Gasteiger partial charge in [0, 0.05) is 29.9 Å². The molecule has 0 spiro atoms. The van der Waals surface area contributed by atoms with Crippen molar-refractivity contribution < 1.29 is 9.18 Å². The quantitative estimate of drug-likeness (QED) is 0.537. The van der Waals surface area contributed by atoms with Gasteiger partial charge in [-0.3, -0.25) is 4.79 Å². The number of amides is 1. The lowest BCUT2D eigenvalue weighted by atomic mass is 10.1. The molecule has 2 heterocycles. The predicted molar refractivity (Wildman–Crippen MR) is 107 cm³/mol. The van der Waals surface area contributed by atoms with E-state index in [9.17, 15) is 9.18 Å². The zero-order chi connectivity index (χ0) is 19.3. The third-order valence-electron chi connectivity index (χ3n) is 4.25. The number of carbonyl (C=O) groups excluding carboxylic acids is 1. The van der Waals surface area contributed by atoms with Crippen LogP contribution in [0.4, 0.5) is 4.39 Å². The highest BCUT2D eigenvalue weighted by molar-refractivity contribution is 7.13. The van der Waals surface area contributed by atoms with Crippen LogP contribution in [0.25, 0.3) is 16.3 Å². The standard InChI is InChI=1S/C21H17FN4OS/c22-18-5-2-1-4-17(18)21-25-19(14-28-21)20(27)23-12-10-15-6-8-16(9-7-15)26-13-3-11-24-26/h1-9,11,13-14H,10,12H2,(H,23,27). The molecular formula is C21H17FN4OS. The second kappa shape index (κ2) is 8.14. The number of hydrogen-bond acceptors (Lipinski definition) is 4. The number of carbonyl (C=O) groups is 1. The lowest BCUT2D eigenvalue weighted by molar-refractivity contribution is 0.0950. The second-order valence-electron chi connectivity index (χ2n) is 6.14.